The molecule has 2 heterocycles. The molecule has 0 unspecified atom stereocenters. The average molecular weight is 230 g/mol. The van der Waals surface area contributed by atoms with E-state index in [0.29, 0.717) is 6.04 Å². The van der Waals surface area contributed by atoms with Crippen LogP contribution in [0.5, 0.6) is 0 Å². The summed E-state index contributed by atoms with van der Waals surface area (Å²) in [6.07, 6.45) is 1.95. The fourth-order valence-corrected chi connectivity index (χ4v) is 2.85. The largest absolute Gasteiger partial charge is 0.395 e. The molecule has 3 rings (SSSR count). The number of aliphatic hydroxyl groups excluding tert-OH is 1. The Balaban J connectivity index is 2.15. The highest BCUT2D eigenvalue weighted by molar-refractivity contribution is 5.85. The number of hydrogen-bond donors (Lipinski definition) is 3. The van der Waals surface area contributed by atoms with Crippen LogP contribution in [-0.4, -0.2) is 22.7 Å². The van der Waals surface area contributed by atoms with Gasteiger partial charge < -0.3 is 15.4 Å². The van der Waals surface area contributed by atoms with Gasteiger partial charge in [-0.15, -0.1) is 0 Å². The predicted molar refractivity (Wildman–Crippen MR) is 69.0 cm³/mol. The molecule has 3 N–H and O–H groups in total. The molecule has 0 bridgehead atoms. The number of aromatic amines is 1. The first-order chi connectivity index (χ1) is 8.33. The van der Waals surface area contributed by atoms with E-state index in [1.54, 1.807) is 0 Å². The van der Waals surface area contributed by atoms with Gasteiger partial charge in [0.25, 0.3) is 0 Å². The summed E-state index contributed by atoms with van der Waals surface area (Å²) in [5, 5.41) is 14.2. The van der Waals surface area contributed by atoms with Crippen molar-refractivity contribution >= 4 is 10.9 Å². The third kappa shape index (κ3) is 1.66. The summed E-state index contributed by atoms with van der Waals surface area (Å²) in [5.74, 6) is 0. The Morgan fingerprint density at radius 2 is 2.18 bits per heavy atom. The maximum Gasteiger partial charge on any atom is 0.0588 e. The molecule has 1 aliphatic heterocycles. The van der Waals surface area contributed by atoms with Crippen molar-refractivity contribution in [1.82, 2.24) is 10.3 Å². The first kappa shape index (κ1) is 10.8. The van der Waals surface area contributed by atoms with Gasteiger partial charge in [-0.05, 0) is 24.5 Å². The van der Waals surface area contributed by atoms with Gasteiger partial charge in [0.05, 0.1) is 6.61 Å². The van der Waals surface area contributed by atoms with Crippen molar-refractivity contribution in [3.8, 4) is 0 Å². The normalized spacial score (nSPS) is 23.9. The fourth-order valence-electron chi connectivity index (χ4n) is 2.85. The lowest BCUT2D eigenvalue weighted by atomic mass is 9.93. The molecule has 2 aromatic rings. The van der Waals surface area contributed by atoms with Crippen LogP contribution in [0.2, 0.25) is 0 Å². The minimum Gasteiger partial charge on any atom is -0.395 e. The topological polar surface area (TPSA) is 48.0 Å². The average Bonchev–Trinajstić information content (AvgIpc) is 2.76. The molecule has 3 nitrogen and oxygen atoms in total. The van der Waals surface area contributed by atoms with Crippen molar-refractivity contribution in [1.29, 1.82) is 0 Å². The molecule has 0 fully saturated rings. The summed E-state index contributed by atoms with van der Waals surface area (Å²) in [4.78, 5) is 3.52. The Morgan fingerprint density at radius 3 is 2.94 bits per heavy atom. The zero-order chi connectivity index (χ0) is 11.8. The quantitative estimate of drug-likeness (QED) is 0.740. The number of nitrogens with one attached hydrogen (secondary N) is 2. The van der Waals surface area contributed by atoms with E-state index in [9.17, 15) is 5.11 Å². The summed E-state index contributed by atoms with van der Waals surface area (Å²) in [6.45, 7) is 2.38. The van der Waals surface area contributed by atoms with Crippen molar-refractivity contribution in [2.24, 2.45) is 0 Å². The molecule has 17 heavy (non-hydrogen) atoms. The number of benzene rings is 1. The van der Waals surface area contributed by atoms with Gasteiger partial charge in [-0.1, -0.05) is 25.1 Å². The Bertz CT molecular complexity index is 532. The molecule has 0 saturated heterocycles. The maximum atomic E-state index is 9.37. The van der Waals surface area contributed by atoms with Crippen LogP contribution < -0.4 is 5.32 Å². The molecule has 0 saturated carbocycles. The molecule has 90 valence electrons. The first-order valence-electron chi connectivity index (χ1n) is 6.30. The first-order valence-corrected chi connectivity index (χ1v) is 6.30. The standard InChI is InChI=1S/C14H18N2O/c1-2-12-14-11(7-9(8-17)15-12)10-5-3-4-6-13(10)16-14/h3-6,9,12,15-17H,2,7-8H2,1H3/t9-,12+/m1/s1. The second-order valence-electron chi connectivity index (χ2n) is 4.77. The monoisotopic (exact) mass is 230 g/mol. The zero-order valence-corrected chi connectivity index (χ0v) is 10.0. The Hall–Kier alpha value is -1.32. The minimum absolute atomic E-state index is 0.187. The zero-order valence-electron chi connectivity index (χ0n) is 10.0. The summed E-state index contributed by atoms with van der Waals surface area (Å²) in [7, 11) is 0. The van der Waals surface area contributed by atoms with Gasteiger partial charge in [-0.25, -0.2) is 0 Å². The predicted octanol–water partition coefficient (Wildman–Crippen LogP) is 2.13. The molecule has 1 aromatic carbocycles. The summed E-state index contributed by atoms with van der Waals surface area (Å²) in [5.41, 5.74) is 3.89. The highest BCUT2D eigenvalue weighted by Gasteiger charge is 2.27. The minimum atomic E-state index is 0.187. The van der Waals surface area contributed by atoms with Crippen LogP contribution in [0.4, 0.5) is 0 Å². The SMILES string of the molecule is CC[C@@H]1N[C@@H](CO)Cc2c1[nH]c1ccccc21. The van der Waals surface area contributed by atoms with E-state index in [1.165, 1.54) is 22.2 Å². The van der Waals surface area contributed by atoms with Gasteiger partial charge >= 0.3 is 0 Å². The smallest absolute Gasteiger partial charge is 0.0588 e. The molecule has 3 heteroatoms. The van der Waals surface area contributed by atoms with Crippen LogP contribution >= 0.6 is 0 Å². The Morgan fingerprint density at radius 1 is 1.35 bits per heavy atom. The second kappa shape index (κ2) is 4.17. The number of aliphatic hydroxyl groups is 1. The van der Waals surface area contributed by atoms with E-state index in [4.69, 9.17) is 0 Å². The number of hydrogen-bond acceptors (Lipinski definition) is 2. The second-order valence-corrected chi connectivity index (χ2v) is 4.77. The Labute approximate surface area is 101 Å². The highest BCUT2D eigenvalue weighted by atomic mass is 16.3. The van der Waals surface area contributed by atoms with E-state index in [1.807, 2.05) is 0 Å². The van der Waals surface area contributed by atoms with Gasteiger partial charge in [-0.2, -0.15) is 0 Å². The highest BCUT2D eigenvalue weighted by Crippen LogP contribution is 2.32. The molecule has 1 aromatic heterocycles. The fraction of sp³-hybridized carbons (Fsp3) is 0.429. The lowest BCUT2D eigenvalue weighted by molar-refractivity contribution is 0.221. The number of aromatic nitrogens is 1. The summed E-state index contributed by atoms with van der Waals surface area (Å²) >= 11 is 0. The van der Waals surface area contributed by atoms with Crippen molar-refractivity contribution in [3.05, 3.63) is 35.5 Å². The van der Waals surface area contributed by atoms with Crippen LogP contribution in [0, 0.1) is 0 Å². The number of H-pyrrole nitrogens is 1. The molecule has 0 aliphatic carbocycles. The molecule has 0 radical (unpaired) electrons. The number of fused-ring (bicyclic) bond motifs is 3. The summed E-state index contributed by atoms with van der Waals surface area (Å²) in [6, 6.07) is 8.94. The van der Waals surface area contributed by atoms with Crippen LogP contribution in [0.25, 0.3) is 10.9 Å². The van der Waals surface area contributed by atoms with Crippen LogP contribution in [0.1, 0.15) is 30.6 Å². The lowest BCUT2D eigenvalue weighted by Crippen LogP contribution is -2.41. The third-order valence-electron chi connectivity index (χ3n) is 3.71. The number of para-hydroxylation sites is 1. The van der Waals surface area contributed by atoms with E-state index >= 15 is 0 Å². The van der Waals surface area contributed by atoms with Crippen LogP contribution in [0.15, 0.2) is 24.3 Å². The summed E-state index contributed by atoms with van der Waals surface area (Å²) < 4.78 is 0. The van der Waals surface area contributed by atoms with Gasteiger partial charge in [0, 0.05) is 28.7 Å². The van der Waals surface area contributed by atoms with E-state index in [0.717, 1.165) is 12.8 Å². The van der Waals surface area contributed by atoms with Gasteiger partial charge in [0.2, 0.25) is 0 Å². The lowest BCUT2D eigenvalue weighted by Gasteiger charge is -2.29. The molecule has 0 spiro atoms. The molecule has 2 atom stereocenters. The van der Waals surface area contributed by atoms with Gasteiger partial charge in [0.1, 0.15) is 0 Å². The Kier molecular flexibility index (Phi) is 2.65. The van der Waals surface area contributed by atoms with Crippen molar-refractivity contribution in [2.45, 2.75) is 31.8 Å². The number of rotatable bonds is 2. The molecular formula is C14H18N2O. The maximum absolute atomic E-state index is 9.37. The molecule has 0 amide bonds. The van der Waals surface area contributed by atoms with Crippen molar-refractivity contribution in [3.63, 3.8) is 0 Å². The van der Waals surface area contributed by atoms with E-state index < -0.39 is 0 Å². The van der Waals surface area contributed by atoms with E-state index in [2.05, 4.69) is 41.5 Å². The van der Waals surface area contributed by atoms with Crippen LogP contribution in [-0.2, 0) is 6.42 Å². The van der Waals surface area contributed by atoms with Gasteiger partial charge in [-0.3, -0.25) is 0 Å². The van der Waals surface area contributed by atoms with Crippen molar-refractivity contribution < 1.29 is 5.11 Å². The molecule has 1 aliphatic rings. The van der Waals surface area contributed by atoms with Crippen molar-refractivity contribution in [2.75, 3.05) is 6.61 Å². The van der Waals surface area contributed by atoms with Gasteiger partial charge in [0.15, 0.2) is 0 Å². The third-order valence-corrected chi connectivity index (χ3v) is 3.71. The van der Waals surface area contributed by atoms with Crippen LogP contribution in [0.3, 0.4) is 0 Å². The van der Waals surface area contributed by atoms with E-state index in [-0.39, 0.29) is 12.6 Å². The molecular weight excluding hydrogens is 212 g/mol.